The first-order chi connectivity index (χ1) is 14.7. The molecule has 0 aliphatic heterocycles. The average Bonchev–Trinajstić information content (AvgIpc) is 3.28. The van der Waals surface area contributed by atoms with Crippen LogP contribution in [0.25, 0.3) is 33.8 Å². The van der Waals surface area contributed by atoms with Crippen molar-refractivity contribution in [3.05, 3.63) is 82.4 Å². The molecule has 31 heavy (non-hydrogen) atoms. The molecule has 156 valence electrons. The summed E-state index contributed by atoms with van der Waals surface area (Å²) in [6.45, 7) is 0. The zero-order valence-corrected chi connectivity index (χ0v) is 16.3. The van der Waals surface area contributed by atoms with Crippen LogP contribution < -0.4 is 0 Å². The number of nitrogens with zero attached hydrogens (tertiary/aromatic N) is 2. The summed E-state index contributed by atoms with van der Waals surface area (Å²) < 4.78 is 54.0. The van der Waals surface area contributed by atoms with Crippen LogP contribution in [0.15, 0.2) is 65.4 Å². The van der Waals surface area contributed by atoms with E-state index in [-0.39, 0.29) is 11.5 Å². The van der Waals surface area contributed by atoms with Crippen molar-refractivity contribution < 1.29 is 27.5 Å². The molecule has 0 radical (unpaired) electrons. The third-order valence-electron chi connectivity index (χ3n) is 4.48. The number of alkyl halides is 3. The highest BCUT2D eigenvalue weighted by molar-refractivity contribution is 7.08. The van der Waals surface area contributed by atoms with Gasteiger partial charge in [0.15, 0.2) is 5.82 Å². The minimum absolute atomic E-state index is 0.126. The number of thiophene rings is 1. The van der Waals surface area contributed by atoms with E-state index in [4.69, 9.17) is 5.11 Å². The molecule has 0 saturated heterocycles. The molecule has 0 aliphatic rings. The zero-order chi connectivity index (χ0) is 22.2. The molecule has 0 spiro atoms. The summed E-state index contributed by atoms with van der Waals surface area (Å²) in [6.07, 6.45) is -4.66. The first kappa shape index (κ1) is 20.7. The van der Waals surface area contributed by atoms with Crippen LogP contribution >= 0.6 is 11.3 Å². The van der Waals surface area contributed by atoms with Gasteiger partial charge in [0, 0.05) is 16.5 Å². The van der Waals surface area contributed by atoms with Crippen LogP contribution in [-0.2, 0) is 6.18 Å². The predicted molar refractivity (Wildman–Crippen MR) is 108 cm³/mol. The van der Waals surface area contributed by atoms with Gasteiger partial charge < -0.3 is 5.11 Å². The van der Waals surface area contributed by atoms with Gasteiger partial charge in [-0.05, 0) is 46.8 Å². The molecule has 0 amide bonds. The monoisotopic (exact) mass is 444 g/mol. The summed E-state index contributed by atoms with van der Waals surface area (Å²) in [5, 5.41) is 12.6. The lowest BCUT2D eigenvalue weighted by molar-refractivity contribution is -0.141. The Balaban J connectivity index is 1.84. The Hall–Kier alpha value is -3.59. The van der Waals surface area contributed by atoms with Crippen molar-refractivity contribution in [3.8, 4) is 33.8 Å². The van der Waals surface area contributed by atoms with Crippen molar-refractivity contribution in [1.82, 2.24) is 9.97 Å². The zero-order valence-electron chi connectivity index (χ0n) is 15.5. The molecule has 0 atom stereocenters. The minimum atomic E-state index is -4.66. The largest absolute Gasteiger partial charge is 0.478 e. The van der Waals surface area contributed by atoms with Crippen LogP contribution in [0.1, 0.15) is 16.1 Å². The van der Waals surface area contributed by atoms with E-state index < -0.39 is 29.2 Å². The van der Waals surface area contributed by atoms with Gasteiger partial charge in [-0.25, -0.2) is 19.2 Å². The van der Waals surface area contributed by atoms with Gasteiger partial charge in [0.05, 0.1) is 11.3 Å². The van der Waals surface area contributed by atoms with Crippen molar-refractivity contribution in [2.24, 2.45) is 0 Å². The Morgan fingerprint density at radius 2 is 1.65 bits per heavy atom. The molecule has 4 aromatic rings. The number of rotatable bonds is 4. The fraction of sp³-hybridized carbons (Fsp3) is 0.0455. The van der Waals surface area contributed by atoms with Gasteiger partial charge >= 0.3 is 12.1 Å². The van der Waals surface area contributed by atoms with Crippen molar-refractivity contribution in [2.75, 3.05) is 0 Å². The van der Waals surface area contributed by atoms with E-state index in [0.29, 0.717) is 22.3 Å². The molecule has 1 N–H and O–H groups in total. The second-order valence-corrected chi connectivity index (χ2v) is 7.33. The maximum atomic E-state index is 13.7. The summed E-state index contributed by atoms with van der Waals surface area (Å²) >= 11 is 1.33. The second kappa shape index (κ2) is 7.92. The van der Waals surface area contributed by atoms with E-state index in [1.165, 1.54) is 29.5 Å². The van der Waals surface area contributed by atoms with Crippen LogP contribution in [-0.4, -0.2) is 21.0 Å². The maximum Gasteiger partial charge on any atom is 0.433 e. The third-order valence-corrected chi connectivity index (χ3v) is 5.17. The van der Waals surface area contributed by atoms with Gasteiger partial charge in [0.2, 0.25) is 0 Å². The van der Waals surface area contributed by atoms with Crippen LogP contribution in [0.4, 0.5) is 17.6 Å². The van der Waals surface area contributed by atoms with Gasteiger partial charge in [0.1, 0.15) is 11.5 Å². The lowest BCUT2D eigenvalue weighted by Gasteiger charge is -2.11. The van der Waals surface area contributed by atoms with E-state index in [0.717, 1.165) is 12.1 Å². The quantitative estimate of drug-likeness (QED) is 0.370. The number of aromatic nitrogens is 2. The molecule has 4 nitrogen and oxygen atoms in total. The number of aromatic carboxylic acids is 1. The SMILES string of the molecule is O=C(O)c1cc(-c2cccc(-c3nc(-c4ccsc4)cc(C(F)(F)F)n3)c2)ccc1F. The summed E-state index contributed by atoms with van der Waals surface area (Å²) in [5.74, 6) is -2.43. The summed E-state index contributed by atoms with van der Waals surface area (Å²) in [4.78, 5) is 19.2. The fourth-order valence-electron chi connectivity index (χ4n) is 2.99. The van der Waals surface area contributed by atoms with Crippen LogP contribution in [0.2, 0.25) is 0 Å². The number of carboxylic acids is 1. The van der Waals surface area contributed by atoms with Crippen molar-refractivity contribution in [1.29, 1.82) is 0 Å². The molecule has 2 aromatic heterocycles. The normalized spacial score (nSPS) is 11.5. The predicted octanol–water partition coefficient (Wildman–Crippen LogP) is 6.40. The van der Waals surface area contributed by atoms with Gasteiger partial charge in [-0.15, -0.1) is 0 Å². The highest BCUT2D eigenvalue weighted by Gasteiger charge is 2.34. The second-order valence-electron chi connectivity index (χ2n) is 6.55. The lowest BCUT2D eigenvalue weighted by Crippen LogP contribution is -2.10. The first-order valence-electron chi connectivity index (χ1n) is 8.85. The number of carboxylic acid groups (broad SMARTS) is 1. The minimum Gasteiger partial charge on any atom is -0.478 e. The first-order valence-corrected chi connectivity index (χ1v) is 9.79. The Morgan fingerprint density at radius 1 is 0.903 bits per heavy atom. The fourth-order valence-corrected chi connectivity index (χ4v) is 3.64. The number of hydrogen-bond donors (Lipinski definition) is 1. The smallest absolute Gasteiger partial charge is 0.433 e. The number of hydrogen-bond acceptors (Lipinski definition) is 4. The molecular formula is C22H12F4N2O2S. The van der Waals surface area contributed by atoms with Gasteiger partial charge in [-0.2, -0.15) is 24.5 Å². The number of benzene rings is 2. The molecule has 0 aliphatic carbocycles. The van der Waals surface area contributed by atoms with Crippen LogP contribution in [0, 0.1) is 5.82 Å². The maximum absolute atomic E-state index is 13.7. The van der Waals surface area contributed by atoms with E-state index in [2.05, 4.69) is 9.97 Å². The molecule has 2 heterocycles. The Morgan fingerprint density at radius 3 is 2.32 bits per heavy atom. The molecule has 4 rings (SSSR count). The Kier molecular flexibility index (Phi) is 5.28. The van der Waals surface area contributed by atoms with Gasteiger partial charge in [0.25, 0.3) is 0 Å². The van der Waals surface area contributed by atoms with E-state index in [1.807, 2.05) is 0 Å². The molecule has 9 heteroatoms. The van der Waals surface area contributed by atoms with E-state index in [1.54, 1.807) is 35.0 Å². The van der Waals surface area contributed by atoms with Crippen molar-refractivity contribution >= 4 is 17.3 Å². The van der Waals surface area contributed by atoms with Gasteiger partial charge in [-0.1, -0.05) is 24.3 Å². The van der Waals surface area contributed by atoms with E-state index >= 15 is 0 Å². The van der Waals surface area contributed by atoms with E-state index in [9.17, 15) is 22.4 Å². The topological polar surface area (TPSA) is 63.1 Å². The number of halogens is 4. The lowest BCUT2D eigenvalue weighted by atomic mass is 10.0. The molecule has 0 bridgehead atoms. The highest BCUT2D eigenvalue weighted by Crippen LogP contribution is 2.33. The highest BCUT2D eigenvalue weighted by atomic mass is 32.1. The molecule has 0 saturated carbocycles. The summed E-state index contributed by atoms with van der Waals surface area (Å²) in [5.41, 5.74) is 0.293. The van der Waals surface area contributed by atoms with Crippen LogP contribution in [0.5, 0.6) is 0 Å². The standard InChI is InChI=1S/C22H12F4N2O2S/c23-17-5-4-13(9-16(17)21(29)30)12-2-1-3-14(8-12)20-27-18(15-6-7-31-11-15)10-19(28-20)22(24,25)26/h1-11H,(H,29,30). The number of carbonyl (C=O) groups is 1. The molecule has 0 fully saturated rings. The van der Waals surface area contributed by atoms with Crippen molar-refractivity contribution in [2.45, 2.75) is 6.18 Å². The average molecular weight is 444 g/mol. The molecular weight excluding hydrogens is 432 g/mol. The summed E-state index contributed by atoms with van der Waals surface area (Å²) in [7, 11) is 0. The van der Waals surface area contributed by atoms with Gasteiger partial charge in [-0.3, -0.25) is 0 Å². The van der Waals surface area contributed by atoms with Crippen LogP contribution in [0.3, 0.4) is 0 Å². The Labute approximate surface area is 177 Å². The third kappa shape index (κ3) is 4.31. The molecule has 2 aromatic carbocycles. The summed E-state index contributed by atoms with van der Waals surface area (Å²) in [6, 6.07) is 12.5. The molecule has 0 unspecified atom stereocenters. The van der Waals surface area contributed by atoms with Crippen molar-refractivity contribution in [3.63, 3.8) is 0 Å². The Bertz CT molecular complexity index is 1270.